The van der Waals surface area contributed by atoms with Crippen LogP contribution in [0.3, 0.4) is 0 Å². The van der Waals surface area contributed by atoms with Gasteiger partial charge in [-0.05, 0) is 12.1 Å². The van der Waals surface area contributed by atoms with Crippen molar-refractivity contribution in [3.8, 4) is 22.8 Å². The van der Waals surface area contributed by atoms with Crippen LogP contribution in [0.5, 0.6) is 0 Å². The first kappa shape index (κ1) is 17.9. The van der Waals surface area contributed by atoms with Crippen LogP contribution in [0.15, 0.2) is 59.4 Å². The number of rotatable bonds is 6. The molecule has 2 aromatic heterocycles. The average Bonchev–Trinajstić information content (AvgIpc) is 3.38. The second-order valence-electron chi connectivity index (χ2n) is 5.89. The second-order valence-corrected chi connectivity index (χ2v) is 5.89. The summed E-state index contributed by atoms with van der Waals surface area (Å²) in [5, 5.41) is 29.8. The molecule has 144 valence electrons. The number of aromatic nitrogens is 5. The fraction of sp³-hybridized carbons (Fsp3) is 0.0588. The molecule has 0 atom stereocenters. The molecule has 0 amide bonds. The second kappa shape index (κ2) is 7.26. The minimum absolute atomic E-state index is 0.0336. The molecule has 4 aromatic rings. The Hall–Kier alpha value is -4.48. The van der Waals surface area contributed by atoms with Crippen molar-refractivity contribution in [2.75, 3.05) is 0 Å². The topological polar surface area (TPSA) is 156 Å². The standard InChI is InChI=1S/C17H11N7O5/c25-23(26)13-6-4-11(5-7-13)17-19-15(29-21-17)9-22-10-18-16(20-22)12-2-1-3-14(8-12)24(27)28/h1-8,10H,9H2. The molecule has 0 aliphatic heterocycles. The molecule has 4 rings (SSSR count). The molecule has 0 bridgehead atoms. The Bertz CT molecular complexity index is 1200. The monoisotopic (exact) mass is 393 g/mol. The summed E-state index contributed by atoms with van der Waals surface area (Å²) in [5.41, 5.74) is 0.994. The summed E-state index contributed by atoms with van der Waals surface area (Å²) in [7, 11) is 0. The van der Waals surface area contributed by atoms with Crippen molar-refractivity contribution in [2.24, 2.45) is 0 Å². The van der Waals surface area contributed by atoms with Crippen molar-refractivity contribution in [3.05, 3.63) is 81.0 Å². The molecule has 0 saturated carbocycles. The highest BCUT2D eigenvalue weighted by atomic mass is 16.6. The van der Waals surface area contributed by atoms with E-state index in [0.29, 0.717) is 17.0 Å². The molecular formula is C17H11N7O5. The predicted molar refractivity (Wildman–Crippen MR) is 97.6 cm³/mol. The number of benzene rings is 2. The summed E-state index contributed by atoms with van der Waals surface area (Å²) < 4.78 is 6.65. The highest BCUT2D eigenvalue weighted by Crippen LogP contribution is 2.22. The van der Waals surface area contributed by atoms with E-state index >= 15 is 0 Å². The molecule has 12 nitrogen and oxygen atoms in total. The molecule has 0 saturated heterocycles. The zero-order valence-corrected chi connectivity index (χ0v) is 14.6. The van der Waals surface area contributed by atoms with E-state index in [1.807, 2.05) is 0 Å². The molecule has 2 heterocycles. The lowest BCUT2D eigenvalue weighted by Gasteiger charge is -1.96. The van der Waals surface area contributed by atoms with Gasteiger partial charge < -0.3 is 4.52 Å². The fourth-order valence-electron chi connectivity index (χ4n) is 2.57. The fourth-order valence-corrected chi connectivity index (χ4v) is 2.57. The van der Waals surface area contributed by atoms with Crippen molar-refractivity contribution in [1.29, 1.82) is 0 Å². The summed E-state index contributed by atoms with van der Waals surface area (Å²) >= 11 is 0. The lowest BCUT2D eigenvalue weighted by atomic mass is 10.2. The van der Waals surface area contributed by atoms with Crippen molar-refractivity contribution < 1.29 is 14.4 Å². The highest BCUT2D eigenvalue weighted by Gasteiger charge is 2.14. The summed E-state index contributed by atoms with van der Waals surface area (Å²) in [6.45, 7) is 0.141. The largest absolute Gasteiger partial charge is 0.337 e. The van der Waals surface area contributed by atoms with E-state index < -0.39 is 9.85 Å². The van der Waals surface area contributed by atoms with Gasteiger partial charge >= 0.3 is 0 Å². The Morgan fingerprint density at radius 1 is 0.931 bits per heavy atom. The van der Waals surface area contributed by atoms with Crippen LogP contribution >= 0.6 is 0 Å². The van der Waals surface area contributed by atoms with E-state index in [0.717, 1.165) is 0 Å². The first-order valence-corrected chi connectivity index (χ1v) is 8.21. The van der Waals surface area contributed by atoms with Crippen LogP contribution in [-0.4, -0.2) is 34.8 Å². The van der Waals surface area contributed by atoms with E-state index in [2.05, 4.69) is 20.2 Å². The summed E-state index contributed by atoms with van der Waals surface area (Å²) in [5.74, 6) is 0.867. The van der Waals surface area contributed by atoms with Crippen LogP contribution in [0, 0.1) is 20.2 Å². The molecule has 0 radical (unpaired) electrons. The smallest absolute Gasteiger partial charge is 0.270 e. The van der Waals surface area contributed by atoms with E-state index in [-0.39, 0.29) is 29.6 Å². The van der Waals surface area contributed by atoms with Crippen LogP contribution in [0.25, 0.3) is 22.8 Å². The normalized spacial score (nSPS) is 10.8. The molecule has 12 heteroatoms. The highest BCUT2D eigenvalue weighted by molar-refractivity contribution is 5.58. The van der Waals surface area contributed by atoms with Crippen LogP contribution in [-0.2, 0) is 6.54 Å². The third kappa shape index (κ3) is 3.80. The van der Waals surface area contributed by atoms with E-state index in [1.165, 1.54) is 47.4 Å². The summed E-state index contributed by atoms with van der Waals surface area (Å²) in [6.07, 6.45) is 1.45. The molecule has 29 heavy (non-hydrogen) atoms. The van der Waals surface area contributed by atoms with Gasteiger partial charge in [0.15, 0.2) is 5.82 Å². The van der Waals surface area contributed by atoms with Gasteiger partial charge in [0.1, 0.15) is 12.9 Å². The van der Waals surface area contributed by atoms with Crippen LogP contribution in [0.2, 0.25) is 0 Å². The van der Waals surface area contributed by atoms with E-state index in [1.54, 1.807) is 12.1 Å². The van der Waals surface area contributed by atoms with Gasteiger partial charge in [-0.15, -0.1) is 0 Å². The summed E-state index contributed by atoms with van der Waals surface area (Å²) in [4.78, 5) is 29.0. The van der Waals surface area contributed by atoms with Crippen LogP contribution in [0.1, 0.15) is 5.89 Å². The molecule has 0 aliphatic rings. The van der Waals surface area contributed by atoms with Gasteiger partial charge in [-0.3, -0.25) is 20.2 Å². The number of nitro groups is 2. The summed E-state index contributed by atoms with van der Waals surface area (Å²) in [6, 6.07) is 11.8. The maximum absolute atomic E-state index is 10.9. The number of nitro benzene ring substituents is 2. The van der Waals surface area contributed by atoms with Gasteiger partial charge in [-0.25, -0.2) is 9.67 Å². The Kier molecular flexibility index (Phi) is 4.49. The third-order valence-corrected chi connectivity index (χ3v) is 3.95. The van der Waals surface area contributed by atoms with Crippen LogP contribution < -0.4 is 0 Å². The average molecular weight is 393 g/mol. The molecule has 0 spiro atoms. The SMILES string of the molecule is O=[N+]([O-])c1ccc(-c2noc(Cn3cnc(-c4cccc([N+](=O)[O-])c4)n3)n2)cc1. The Labute approximate surface area is 161 Å². The number of nitrogens with zero attached hydrogens (tertiary/aromatic N) is 7. The lowest BCUT2D eigenvalue weighted by molar-refractivity contribution is -0.385. The molecule has 0 aliphatic carbocycles. The maximum atomic E-state index is 10.9. The molecule has 0 N–H and O–H groups in total. The lowest BCUT2D eigenvalue weighted by Crippen LogP contribution is -2.00. The zero-order valence-electron chi connectivity index (χ0n) is 14.6. The number of hydrogen-bond acceptors (Lipinski definition) is 9. The van der Waals surface area contributed by atoms with Crippen LogP contribution in [0.4, 0.5) is 11.4 Å². The Morgan fingerprint density at radius 2 is 1.69 bits per heavy atom. The first-order valence-electron chi connectivity index (χ1n) is 8.21. The molecule has 0 fully saturated rings. The molecular weight excluding hydrogens is 382 g/mol. The number of hydrogen-bond donors (Lipinski definition) is 0. The predicted octanol–water partition coefficient (Wildman–Crippen LogP) is 2.86. The van der Waals surface area contributed by atoms with E-state index in [9.17, 15) is 20.2 Å². The minimum atomic E-state index is -0.491. The van der Waals surface area contributed by atoms with Crippen molar-refractivity contribution in [2.45, 2.75) is 6.54 Å². The van der Waals surface area contributed by atoms with Gasteiger partial charge in [0, 0.05) is 35.4 Å². The first-order chi connectivity index (χ1) is 14.0. The van der Waals surface area contributed by atoms with Gasteiger partial charge in [0.25, 0.3) is 11.4 Å². The number of non-ortho nitro benzene ring substituents is 2. The van der Waals surface area contributed by atoms with Gasteiger partial charge in [0.2, 0.25) is 11.7 Å². The quantitative estimate of drug-likeness (QED) is 0.355. The maximum Gasteiger partial charge on any atom is 0.270 e. The van der Waals surface area contributed by atoms with Gasteiger partial charge in [-0.2, -0.15) is 10.1 Å². The zero-order chi connectivity index (χ0) is 20.4. The van der Waals surface area contributed by atoms with Crippen molar-refractivity contribution in [3.63, 3.8) is 0 Å². The molecule has 0 unspecified atom stereocenters. The third-order valence-electron chi connectivity index (χ3n) is 3.95. The van der Waals surface area contributed by atoms with Gasteiger partial charge in [-0.1, -0.05) is 17.3 Å². The molecule has 2 aromatic carbocycles. The van der Waals surface area contributed by atoms with E-state index in [4.69, 9.17) is 4.52 Å². The minimum Gasteiger partial charge on any atom is -0.337 e. The van der Waals surface area contributed by atoms with Gasteiger partial charge in [0.05, 0.1) is 9.85 Å². The van der Waals surface area contributed by atoms with Crippen molar-refractivity contribution in [1.82, 2.24) is 24.9 Å². The van der Waals surface area contributed by atoms with Crippen molar-refractivity contribution >= 4 is 11.4 Å². The Balaban J connectivity index is 1.50. The Morgan fingerprint density at radius 3 is 2.41 bits per heavy atom.